The maximum absolute atomic E-state index is 11.9. The molecule has 0 saturated carbocycles. The number of hydrogen-bond donors (Lipinski definition) is 0. The molecule has 0 aromatic heterocycles. The van der Waals surface area contributed by atoms with Crippen molar-refractivity contribution in [2.45, 2.75) is 71.1 Å². The fourth-order valence-corrected chi connectivity index (χ4v) is 2.58. The molecule has 0 spiro atoms. The summed E-state index contributed by atoms with van der Waals surface area (Å²) < 4.78 is 6.97. The molecule has 0 aromatic carbocycles. The molecular weight excluding hydrogens is 274 g/mol. The van der Waals surface area contributed by atoms with Gasteiger partial charge in [0.25, 0.3) is 5.70 Å². The largest absolute Gasteiger partial charge is 0.458 e. The van der Waals surface area contributed by atoms with E-state index < -0.39 is 0 Å². The highest BCUT2D eigenvalue weighted by Gasteiger charge is 2.22. The highest BCUT2D eigenvalue weighted by Crippen LogP contribution is 2.11. The first-order chi connectivity index (χ1) is 10.8. The van der Waals surface area contributed by atoms with E-state index in [1.165, 1.54) is 51.4 Å². The zero-order chi connectivity index (χ0) is 16.0. The van der Waals surface area contributed by atoms with Crippen molar-refractivity contribution in [1.29, 1.82) is 0 Å². The first-order valence-corrected chi connectivity index (χ1v) is 8.87. The lowest BCUT2D eigenvalue weighted by molar-refractivity contribution is -0.454. The third kappa shape index (κ3) is 8.16. The summed E-state index contributed by atoms with van der Waals surface area (Å²) in [6, 6.07) is 0. The molecule has 0 atom stereocenters. The Bertz CT molecular complexity index is 396. The van der Waals surface area contributed by atoms with Crippen LogP contribution in [-0.4, -0.2) is 30.4 Å². The molecular formula is C19H32NO2+. The van der Waals surface area contributed by atoms with Crippen molar-refractivity contribution in [3.8, 4) is 0 Å². The summed E-state index contributed by atoms with van der Waals surface area (Å²) in [7, 11) is 0. The standard InChI is InChI=1S/C19H32NO2/c1-3-4-5-6-7-8-9-10-11-14-17-22-19(21)18-15-12-13-16-20(18)2/h12-13,15H,2-11,14,16-17H2,1H3/q+1. The average Bonchev–Trinajstić information content (AvgIpc) is 2.53. The van der Waals surface area contributed by atoms with Gasteiger partial charge in [0, 0.05) is 6.08 Å². The van der Waals surface area contributed by atoms with E-state index in [2.05, 4.69) is 13.6 Å². The SMILES string of the molecule is C=[N+]1CC=CC=C1C(=O)OCCCCCCCCCCCC. The molecule has 1 rings (SSSR count). The molecule has 1 aliphatic heterocycles. The molecule has 0 saturated heterocycles. The minimum absolute atomic E-state index is 0.254. The lowest BCUT2D eigenvalue weighted by Crippen LogP contribution is -2.21. The molecule has 0 aromatic rings. The Balaban J connectivity index is 1.93. The number of rotatable bonds is 12. The van der Waals surface area contributed by atoms with Gasteiger partial charge < -0.3 is 4.74 Å². The predicted octanol–water partition coefficient (Wildman–Crippen LogP) is 4.62. The molecule has 1 aliphatic rings. The van der Waals surface area contributed by atoms with E-state index in [0.717, 1.165) is 12.8 Å². The zero-order valence-corrected chi connectivity index (χ0v) is 14.2. The van der Waals surface area contributed by atoms with Gasteiger partial charge in [-0.3, -0.25) is 0 Å². The summed E-state index contributed by atoms with van der Waals surface area (Å²) in [6.45, 7) is 7.25. The average molecular weight is 306 g/mol. The van der Waals surface area contributed by atoms with E-state index in [9.17, 15) is 4.79 Å². The summed E-state index contributed by atoms with van der Waals surface area (Å²) in [4.78, 5) is 11.9. The summed E-state index contributed by atoms with van der Waals surface area (Å²) in [5, 5.41) is 0. The molecule has 22 heavy (non-hydrogen) atoms. The molecule has 0 fully saturated rings. The van der Waals surface area contributed by atoms with E-state index >= 15 is 0 Å². The molecule has 1 heterocycles. The lowest BCUT2D eigenvalue weighted by atomic mass is 10.1. The van der Waals surface area contributed by atoms with Gasteiger partial charge in [-0.15, -0.1) is 0 Å². The summed E-state index contributed by atoms with van der Waals surface area (Å²) in [5.74, 6) is -0.254. The maximum Gasteiger partial charge on any atom is 0.403 e. The number of carbonyl (C=O) groups is 1. The fraction of sp³-hybridized carbons (Fsp3) is 0.684. The summed E-state index contributed by atoms with van der Waals surface area (Å²) in [6.07, 6.45) is 18.5. The van der Waals surface area contributed by atoms with Crippen molar-refractivity contribution >= 4 is 12.7 Å². The topological polar surface area (TPSA) is 29.3 Å². The fourth-order valence-electron chi connectivity index (χ4n) is 2.58. The van der Waals surface area contributed by atoms with Crippen LogP contribution in [-0.2, 0) is 9.53 Å². The molecule has 3 nitrogen and oxygen atoms in total. The third-order valence-electron chi connectivity index (χ3n) is 4.00. The number of carbonyl (C=O) groups excluding carboxylic acids is 1. The highest BCUT2D eigenvalue weighted by molar-refractivity contribution is 5.86. The Morgan fingerprint density at radius 2 is 1.68 bits per heavy atom. The predicted molar refractivity (Wildman–Crippen MR) is 92.3 cm³/mol. The van der Waals surface area contributed by atoms with Crippen molar-refractivity contribution in [2.75, 3.05) is 13.2 Å². The van der Waals surface area contributed by atoms with Crippen LogP contribution in [0.15, 0.2) is 23.9 Å². The molecule has 0 radical (unpaired) electrons. The van der Waals surface area contributed by atoms with E-state index in [-0.39, 0.29) is 5.97 Å². The van der Waals surface area contributed by atoms with Gasteiger partial charge in [-0.05, 0) is 12.5 Å². The molecule has 0 bridgehead atoms. The van der Waals surface area contributed by atoms with Gasteiger partial charge in [0.2, 0.25) is 0 Å². The van der Waals surface area contributed by atoms with Crippen LogP contribution >= 0.6 is 0 Å². The Labute approximate surface area is 135 Å². The monoisotopic (exact) mass is 306 g/mol. The minimum atomic E-state index is -0.254. The van der Waals surface area contributed by atoms with Gasteiger partial charge in [0.15, 0.2) is 6.54 Å². The van der Waals surface area contributed by atoms with E-state index in [1.807, 2.05) is 12.2 Å². The van der Waals surface area contributed by atoms with Crippen LogP contribution in [0.4, 0.5) is 0 Å². The van der Waals surface area contributed by atoms with Crippen molar-refractivity contribution < 1.29 is 14.1 Å². The normalized spacial score (nSPS) is 14.0. The van der Waals surface area contributed by atoms with Gasteiger partial charge in [0.1, 0.15) is 6.72 Å². The van der Waals surface area contributed by atoms with Crippen LogP contribution in [0.3, 0.4) is 0 Å². The summed E-state index contributed by atoms with van der Waals surface area (Å²) in [5.41, 5.74) is 0.551. The number of esters is 1. The Morgan fingerprint density at radius 3 is 2.27 bits per heavy atom. The molecule has 0 aliphatic carbocycles. The number of ether oxygens (including phenoxy) is 1. The first-order valence-electron chi connectivity index (χ1n) is 8.87. The van der Waals surface area contributed by atoms with E-state index in [4.69, 9.17) is 4.74 Å². The molecule has 124 valence electrons. The Hall–Kier alpha value is -1.38. The quantitative estimate of drug-likeness (QED) is 0.299. The van der Waals surface area contributed by atoms with Crippen LogP contribution in [0.2, 0.25) is 0 Å². The van der Waals surface area contributed by atoms with Gasteiger partial charge in [0.05, 0.1) is 6.61 Å². The number of allylic oxidation sites excluding steroid dienone is 2. The molecule has 0 N–H and O–H groups in total. The van der Waals surface area contributed by atoms with E-state index in [1.54, 1.807) is 10.7 Å². The maximum atomic E-state index is 11.9. The summed E-state index contributed by atoms with van der Waals surface area (Å²) >= 11 is 0. The highest BCUT2D eigenvalue weighted by atomic mass is 16.5. The second-order valence-electron chi connectivity index (χ2n) is 6.02. The number of hydrogen-bond acceptors (Lipinski definition) is 2. The first kappa shape index (κ1) is 18.7. The van der Waals surface area contributed by atoms with Crippen molar-refractivity contribution in [3.05, 3.63) is 23.9 Å². The van der Waals surface area contributed by atoms with Gasteiger partial charge in [-0.1, -0.05) is 70.8 Å². The van der Waals surface area contributed by atoms with Crippen LogP contribution < -0.4 is 0 Å². The molecule has 3 heteroatoms. The van der Waals surface area contributed by atoms with Gasteiger partial charge in [-0.25, -0.2) is 4.79 Å². The van der Waals surface area contributed by atoms with Gasteiger partial charge in [-0.2, -0.15) is 4.58 Å². The Kier molecular flexibility index (Phi) is 10.3. The van der Waals surface area contributed by atoms with Crippen LogP contribution in [0.5, 0.6) is 0 Å². The molecule has 0 amide bonds. The smallest absolute Gasteiger partial charge is 0.403 e. The van der Waals surface area contributed by atoms with Gasteiger partial charge >= 0.3 is 5.97 Å². The van der Waals surface area contributed by atoms with Crippen molar-refractivity contribution in [2.24, 2.45) is 0 Å². The minimum Gasteiger partial charge on any atom is -0.458 e. The van der Waals surface area contributed by atoms with Crippen molar-refractivity contribution in [1.82, 2.24) is 0 Å². The third-order valence-corrected chi connectivity index (χ3v) is 4.00. The van der Waals surface area contributed by atoms with E-state index in [0.29, 0.717) is 18.8 Å². The second-order valence-corrected chi connectivity index (χ2v) is 6.02. The van der Waals surface area contributed by atoms with Crippen LogP contribution in [0, 0.1) is 0 Å². The number of unbranched alkanes of at least 4 members (excludes halogenated alkanes) is 9. The number of nitrogens with zero attached hydrogens (tertiary/aromatic N) is 1. The lowest BCUT2D eigenvalue weighted by Gasteiger charge is -2.07. The molecule has 0 unspecified atom stereocenters. The van der Waals surface area contributed by atoms with Crippen LogP contribution in [0.25, 0.3) is 0 Å². The van der Waals surface area contributed by atoms with Crippen molar-refractivity contribution in [3.63, 3.8) is 0 Å². The second kappa shape index (κ2) is 12.2. The Morgan fingerprint density at radius 1 is 1.09 bits per heavy atom. The zero-order valence-electron chi connectivity index (χ0n) is 14.2. The van der Waals surface area contributed by atoms with Crippen LogP contribution in [0.1, 0.15) is 71.1 Å².